The average molecular weight is 394 g/mol. The van der Waals surface area contributed by atoms with Crippen molar-refractivity contribution in [2.75, 3.05) is 5.32 Å². The molecule has 4 aromatic rings. The largest absolute Gasteiger partial charge is 0.322 e. The second-order valence-corrected chi connectivity index (χ2v) is 7.06. The monoisotopic (exact) mass is 394 g/mol. The molecule has 0 saturated heterocycles. The number of fused-ring (bicyclic) bond motifs is 1. The standard InChI is InChI=1S/C18H14N6O3S/c1-10-7-8-12(17-22-23-11(2)20-21-18(23)28-17)9-14(10)19-16(25)13-5-3-4-6-15(13)24(26)27/h3-9H,1-2H3,(H,19,25). The first kappa shape index (κ1) is 17.7. The number of hydrogen-bond acceptors (Lipinski definition) is 7. The van der Waals surface area contributed by atoms with Crippen LogP contribution in [0.15, 0.2) is 42.5 Å². The summed E-state index contributed by atoms with van der Waals surface area (Å²) in [6.45, 7) is 3.67. The molecule has 9 nitrogen and oxygen atoms in total. The van der Waals surface area contributed by atoms with E-state index >= 15 is 0 Å². The van der Waals surface area contributed by atoms with E-state index in [1.165, 1.54) is 29.5 Å². The molecule has 0 aliphatic heterocycles. The van der Waals surface area contributed by atoms with E-state index in [2.05, 4.69) is 20.6 Å². The Morgan fingerprint density at radius 3 is 2.71 bits per heavy atom. The van der Waals surface area contributed by atoms with Crippen molar-refractivity contribution in [3.8, 4) is 10.6 Å². The molecule has 10 heteroatoms. The fourth-order valence-corrected chi connectivity index (χ4v) is 3.62. The third kappa shape index (κ3) is 3.09. The molecule has 140 valence electrons. The quantitative estimate of drug-likeness (QED) is 0.417. The highest BCUT2D eigenvalue weighted by atomic mass is 32.1. The normalized spacial score (nSPS) is 10.9. The lowest BCUT2D eigenvalue weighted by atomic mass is 10.1. The molecule has 0 saturated carbocycles. The van der Waals surface area contributed by atoms with Crippen molar-refractivity contribution < 1.29 is 9.72 Å². The summed E-state index contributed by atoms with van der Waals surface area (Å²) in [6.07, 6.45) is 0. The molecule has 2 heterocycles. The van der Waals surface area contributed by atoms with Gasteiger partial charge in [-0.05, 0) is 31.5 Å². The molecule has 0 fully saturated rings. The van der Waals surface area contributed by atoms with Crippen LogP contribution >= 0.6 is 11.3 Å². The number of para-hydroxylation sites is 1. The highest BCUT2D eigenvalue weighted by molar-refractivity contribution is 7.19. The second-order valence-electron chi connectivity index (χ2n) is 6.11. The van der Waals surface area contributed by atoms with Crippen LogP contribution in [-0.2, 0) is 0 Å². The number of aryl methyl sites for hydroxylation is 2. The van der Waals surface area contributed by atoms with Gasteiger partial charge < -0.3 is 5.32 Å². The lowest BCUT2D eigenvalue weighted by Crippen LogP contribution is -2.14. The number of carbonyl (C=O) groups excluding carboxylic acids is 1. The van der Waals surface area contributed by atoms with Gasteiger partial charge in [0.2, 0.25) is 4.96 Å². The van der Waals surface area contributed by atoms with Crippen molar-refractivity contribution in [3.63, 3.8) is 0 Å². The summed E-state index contributed by atoms with van der Waals surface area (Å²) >= 11 is 1.38. The van der Waals surface area contributed by atoms with Crippen LogP contribution in [0.25, 0.3) is 15.5 Å². The Labute approximate surface area is 162 Å². The summed E-state index contributed by atoms with van der Waals surface area (Å²) in [5.74, 6) is 0.149. The van der Waals surface area contributed by atoms with Crippen molar-refractivity contribution in [2.45, 2.75) is 13.8 Å². The van der Waals surface area contributed by atoms with Crippen LogP contribution in [0.1, 0.15) is 21.7 Å². The fraction of sp³-hybridized carbons (Fsp3) is 0.111. The highest BCUT2D eigenvalue weighted by Crippen LogP contribution is 2.30. The van der Waals surface area contributed by atoms with E-state index in [1.54, 1.807) is 16.6 Å². The third-order valence-electron chi connectivity index (χ3n) is 4.22. The molecule has 0 spiro atoms. The van der Waals surface area contributed by atoms with E-state index in [4.69, 9.17) is 0 Å². The van der Waals surface area contributed by atoms with E-state index in [1.807, 2.05) is 26.0 Å². The number of nitrogens with zero attached hydrogens (tertiary/aromatic N) is 5. The predicted molar refractivity (Wildman–Crippen MR) is 105 cm³/mol. The van der Waals surface area contributed by atoms with Gasteiger partial charge in [-0.3, -0.25) is 14.9 Å². The molecule has 1 N–H and O–H groups in total. The van der Waals surface area contributed by atoms with Gasteiger partial charge in [-0.25, -0.2) is 0 Å². The van der Waals surface area contributed by atoms with E-state index in [9.17, 15) is 14.9 Å². The van der Waals surface area contributed by atoms with E-state index in [0.717, 1.165) is 16.1 Å². The van der Waals surface area contributed by atoms with Crippen LogP contribution in [-0.4, -0.2) is 30.6 Å². The van der Waals surface area contributed by atoms with E-state index in [-0.39, 0.29) is 11.3 Å². The molecule has 0 atom stereocenters. The summed E-state index contributed by atoms with van der Waals surface area (Å²) in [5, 5.41) is 27.2. The molecule has 4 rings (SSSR count). The molecule has 0 bridgehead atoms. The number of carbonyl (C=O) groups is 1. The summed E-state index contributed by atoms with van der Waals surface area (Å²) in [4.78, 5) is 23.9. The summed E-state index contributed by atoms with van der Waals surface area (Å²) in [7, 11) is 0. The van der Waals surface area contributed by atoms with Crippen LogP contribution in [0.5, 0.6) is 0 Å². The zero-order chi connectivity index (χ0) is 19.8. The molecule has 1 amide bonds. The number of amides is 1. The van der Waals surface area contributed by atoms with Crippen LogP contribution in [0, 0.1) is 24.0 Å². The minimum Gasteiger partial charge on any atom is -0.322 e. The van der Waals surface area contributed by atoms with Gasteiger partial charge in [-0.2, -0.15) is 9.61 Å². The van der Waals surface area contributed by atoms with Gasteiger partial charge in [0.25, 0.3) is 11.6 Å². The van der Waals surface area contributed by atoms with Crippen molar-refractivity contribution in [3.05, 3.63) is 69.5 Å². The first-order valence-electron chi connectivity index (χ1n) is 8.28. The minimum atomic E-state index is -0.570. The lowest BCUT2D eigenvalue weighted by molar-refractivity contribution is -0.385. The molecule has 0 radical (unpaired) electrons. The van der Waals surface area contributed by atoms with Crippen molar-refractivity contribution in [2.24, 2.45) is 0 Å². The minimum absolute atomic E-state index is 0.00622. The van der Waals surface area contributed by atoms with Crippen molar-refractivity contribution >= 4 is 33.6 Å². The van der Waals surface area contributed by atoms with Gasteiger partial charge >= 0.3 is 0 Å². The first-order valence-corrected chi connectivity index (χ1v) is 9.10. The predicted octanol–water partition coefficient (Wildman–Crippen LogP) is 3.63. The first-order chi connectivity index (χ1) is 13.4. The molecule has 2 aromatic carbocycles. The maximum Gasteiger partial charge on any atom is 0.282 e. The Balaban J connectivity index is 1.68. The maximum atomic E-state index is 12.6. The van der Waals surface area contributed by atoms with Crippen LogP contribution < -0.4 is 5.32 Å². The number of aromatic nitrogens is 4. The molecule has 0 aliphatic carbocycles. The second kappa shape index (κ2) is 6.82. The zero-order valence-corrected chi connectivity index (χ0v) is 15.7. The summed E-state index contributed by atoms with van der Waals surface area (Å²) < 4.78 is 1.66. The van der Waals surface area contributed by atoms with Crippen LogP contribution in [0.3, 0.4) is 0 Å². The highest BCUT2D eigenvalue weighted by Gasteiger charge is 2.20. The van der Waals surface area contributed by atoms with Gasteiger partial charge in [-0.15, -0.1) is 10.2 Å². The Hall–Kier alpha value is -3.66. The van der Waals surface area contributed by atoms with Gasteiger partial charge in [0.15, 0.2) is 5.82 Å². The molecule has 0 aliphatic rings. The summed E-state index contributed by atoms with van der Waals surface area (Å²) in [5.41, 5.74) is 1.96. The van der Waals surface area contributed by atoms with Gasteiger partial charge in [0.1, 0.15) is 10.6 Å². The smallest absolute Gasteiger partial charge is 0.282 e. The zero-order valence-electron chi connectivity index (χ0n) is 14.9. The topological polar surface area (TPSA) is 115 Å². The number of benzene rings is 2. The summed E-state index contributed by atoms with van der Waals surface area (Å²) in [6, 6.07) is 11.4. The molecule has 2 aromatic heterocycles. The third-order valence-corrected chi connectivity index (χ3v) is 5.17. The Bertz CT molecular complexity index is 1230. The maximum absolute atomic E-state index is 12.6. The van der Waals surface area contributed by atoms with Crippen molar-refractivity contribution in [1.29, 1.82) is 0 Å². The number of anilines is 1. The van der Waals surface area contributed by atoms with Crippen LogP contribution in [0.4, 0.5) is 11.4 Å². The number of nitro benzene ring substituents is 1. The molecule has 0 unspecified atom stereocenters. The molecular formula is C18H14N6O3S. The van der Waals surface area contributed by atoms with E-state index < -0.39 is 10.8 Å². The Kier molecular flexibility index (Phi) is 4.32. The lowest BCUT2D eigenvalue weighted by Gasteiger charge is -2.10. The van der Waals surface area contributed by atoms with E-state index in [0.29, 0.717) is 16.5 Å². The number of rotatable bonds is 4. The van der Waals surface area contributed by atoms with Gasteiger partial charge in [0, 0.05) is 17.3 Å². The number of hydrogen-bond donors (Lipinski definition) is 1. The van der Waals surface area contributed by atoms with Crippen molar-refractivity contribution in [1.82, 2.24) is 19.8 Å². The fourth-order valence-electron chi connectivity index (χ4n) is 2.74. The molecule has 28 heavy (non-hydrogen) atoms. The van der Waals surface area contributed by atoms with Gasteiger partial charge in [0.05, 0.1) is 4.92 Å². The van der Waals surface area contributed by atoms with Crippen LogP contribution in [0.2, 0.25) is 0 Å². The number of nitrogens with one attached hydrogen (secondary N) is 1. The number of nitro groups is 1. The molecular weight excluding hydrogens is 380 g/mol. The SMILES string of the molecule is Cc1ccc(-c2nn3c(C)nnc3s2)cc1NC(=O)c1ccccc1[N+](=O)[O-]. The average Bonchev–Trinajstić information content (AvgIpc) is 3.25. The van der Waals surface area contributed by atoms with Gasteiger partial charge in [-0.1, -0.05) is 35.6 Å². The Morgan fingerprint density at radius 2 is 1.96 bits per heavy atom. The Morgan fingerprint density at radius 1 is 1.18 bits per heavy atom.